The highest BCUT2D eigenvalue weighted by molar-refractivity contribution is 7.89. The zero-order chi connectivity index (χ0) is 13.9. The molecule has 0 atom stereocenters. The second-order valence-electron chi connectivity index (χ2n) is 4.81. The minimum absolute atomic E-state index is 0.0972. The van der Waals surface area contributed by atoms with Gasteiger partial charge in [0.2, 0.25) is 10.0 Å². The van der Waals surface area contributed by atoms with Gasteiger partial charge in [0, 0.05) is 25.0 Å². The number of pyridine rings is 1. The van der Waals surface area contributed by atoms with E-state index < -0.39 is 10.0 Å². The molecule has 0 amide bonds. The van der Waals surface area contributed by atoms with Gasteiger partial charge >= 0.3 is 0 Å². The summed E-state index contributed by atoms with van der Waals surface area (Å²) in [4.78, 5) is 4.00. The standard InChI is InChI=1S/C13H19ClN2O2S/c1-2-16(11-6-4-3-5-7-11)19(17,18)13-10-15-9-8-12(13)14/h8-11H,2-7H2,1H3. The first-order valence-electron chi connectivity index (χ1n) is 6.68. The van der Waals surface area contributed by atoms with E-state index in [1.807, 2.05) is 6.92 Å². The molecule has 1 saturated carbocycles. The van der Waals surface area contributed by atoms with Crippen LogP contribution in [0.15, 0.2) is 23.4 Å². The minimum atomic E-state index is -3.54. The molecule has 4 nitrogen and oxygen atoms in total. The van der Waals surface area contributed by atoms with E-state index in [1.54, 1.807) is 4.31 Å². The van der Waals surface area contributed by atoms with E-state index in [4.69, 9.17) is 11.6 Å². The number of aromatic nitrogens is 1. The molecule has 1 aromatic rings. The highest BCUT2D eigenvalue weighted by Crippen LogP contribution is 2.29. The second kappa shape index (κ2) is 6.20. The lowest BCUT2D eigenvalue weighted by Crippen LogP contribution is -2.41. The van der Waals surface area contributed by atoms with Crippen molar-refractivity contribution in [2.24, 2.45) is 0 Å². The molecule has 0 aromatic carbocycles. The molecule has 0 aliphatic heterocycles. The fourth-order valence-electron chi connectivity index (χ4n) is 2.67. The summed E-state index contributed by atoms with van der Waals surface area (Å²) in [6, 6.07) is 1.61. The fraction of sp³-hybridized carbons (Fsp3) is 0.615. The number of hydrogen-bond donors (Lipinski definition) is 0. The Kier molecular flexibility index (Phi) is 4.81. The van der Waals surface area contributed by atoms with Crippen LogP contribution >= 0.6 is 11.6 Å². The molecular weight excluding hydrogens is 284 g/mol. The van der Waals surface area contributed by atoms with Crippen LogP contribution in [-0.4, -0.2) is 30.3 Å². The molecule has 1 fully saturated rings. The van der Waals surface area contributed by atoms with Crippen molar-refractivity contribution in [2.75, 3.05) is 6.54 Å². The third-order valence-corrected chi connectivity index (χ3v) is 6.11. The van der Waals surface area contributed by atoms with Gasteiger partial charge in [-0.25, -0.2) is 8.42 Å². The van der Waals surface area contributed by atoms with E-state index >= 15 is 0 Å². The molecule has 1 aliphatic rings. The van der Waals surface area contributed by atoms with Gasteiger partial charge in [0.05, 0.1) is 5.02 Å². The molecule has 19 heavy (non-hydrogen) atoms. The van der Waals surface area contributed by atoms with Gasteiger partial charge in [-0.1, -0.05) is 37.8 Å². The summed E-state index contributed by atoms with van der Waals surface area (Å²) in [5.41, 5.74) is 0. The van der Waals surface area contributed by atoms with Crippen molar-refractivity contribution in [1.29, 1.82) is 0 Å². The van der Waals surface area contributed by atoms with Crippen LogP contribution in [0.4, 0.5) is 0 Å². The van der Waals surface area contributed by atoms with Gasteiger partial charge in [-0.15, -0.1) is 0 Å². The van der Waals surface area contributed by atoms with Gasteiger partial charge in [0.15, 0.2) is 0 Å². The molecular formula is C13H19ClN2O2S. The van der Waals surface area contributed by atoms with E-state index in [0.29, 0.717) is 6.54 Å². The third kappa shape index (κ3) is 3.09. The van der Waals surface area contributed by atoms with Crippen molar-refractivity contribution in [3.63, 3.8) is 0 Å². The fourth-order valence-corrected chi connectivity index (χ4v) is 4.77. The van der Waals surface area contributed by atoms with Crippen LogP contribution in [0.3, 0.4) is 0 Å². The first-order chi connectivity index (χ1) is 9.07. The monoisotopic (exact) mass is 302 g/mol. The molecule has 0 spiro atoms. The highest BCUT2D eigenvalue weighted by Gasteiger charge is 2.32. The van der Waals surface area contributed by atoms with Crippen LogP contribution in [0.2, 0.25) is 5.02 Å². The van der Waals surface area contributed by atoms with Crippen LogP contribution in [-0.2, 0) is 10.0 Å². The average Bonchev–Trinajstić information content (AvgIpc) is 2.40. The third-order valence-electron chi connectivity index (χ3n) is 3.61. The molecule has 1 aromatic heterocycles. The van der Waals surface area contributed by atoms with E-state index in [9.17, 15) is 8.42 Å². The Balaban J connectivity index is 2.33. The summed E-state index contributed by atoms with van der Waals surface area (Å²) in [5, 5.41) is 0.240. The maximum atomic E-state index is 12.7. The molecule has 1 aliphatic carbocycles. The number of nitrogens with zero attached hydrogens (tertiary/aromatic N) is 2. The van der Waals surface area contributed by atoms with Gasteiger partial charge in [0.25, 0.3) is 0 Å². The molecule has 0 radical (unpaired) electrons. The topological polar surface area (TPSA) is 50.3 Å². The lowest BCUT2D eigenvalue weighted by Gasteiger charge is -2.32. The van der Waals surface area contributed by atoms with Crippen LogP contribution in [0.5, 0.6) is 0 Å². The van der Waals surface area contributed by atoms with Gasteiger partial charge in [-0.2, -0.15) is 4.31 Å². The largest absolute Gasteiger partial charge is 0.263 e. The average molecular weight is 303 g/mol. The lowest BCUT2D eigenvalue weighted by molar-refractivity contribution is 0.261. The first-order valence-corrected chi connectivity index (χ1v) is 8.50. The highest BCUT2D eigenvalue weighted by atomic mass is 35.5. The van der Waals surface area contributed by atoms with Crippen LogP contribution < -0.4 is 0 Å². The van der Waals surface area contributed by atoms with E-state index in [0.717, 1.165) is 25.7 Å². The Bertz CT molecular complexity index is 527. The Hall–Kier alpha value is -0.650. The SMILES string of the molecule is CCN(C1CCCCC1)S(=O)(=O)c1cnccc1Cl. The number of hydrogen-bond acceptors (Lipinski definition) is 3. The van der Waals surface area contributed by atoms with Crippen molar-refractivity contribution in [3.05, 3.63) is 23.5 Å². The Morgan fingerprint density at radius 3 is 2.63 bits per heavy atom. The van der Waals surface area contributed by atoms with E-state index in [-0.39, 0.29) is 16.0 Å². The summed E-state index contributed by atoms with van der Waals surface area (Å²) in [5.74, 6) is 0. The van der Waals surface area contributed by atoms with Crippen LogP contribution in [0.1, 0.15) is 39.0 Å². The number of halogens is 1. The molecule has 0 bridgehead atoms. The normalized spacial score (nSPS) is 17.8. The minimum Gasteiger partial charge on any atom is -0.263 e. The van der Waals surface area contributed by atoms with Gasteiger partial charge < -0.3 is 0 Å². The number of sulfonamides is 1. The number of rotatable bonds is 4. The van der Waals surface area contributed by atoms with Gasteiger partial charge in [0.1, 0.15) is 4.90 Å². The van der Waals surface area contributed by atoms with Gasteiger partial charge in [-0.3, -0.25) is 4.98 Å². The molecule has 2 rings (SSSR count). The molecule has 106 valence electrons. The van der Waals surface area contributed by atoms with Crippen molar-refractivity contribution >= 4 is 21.6 Å². The van der Waals surface area contributed by atoms with E-state index in [2.05, 4.69) is 4.98 Å². The smallest absolute Gasteiger partial charge is 0.246 e. The summed E-state index contributed by atoms with van der Waals surface area (Å²) in [6.45, 7) is 2.34. The van der Waals surface area contributed by atoms with Crippen molar-refractivity contribution in [1.82, 2.24) is 9.29 Å². The Morgan fingerprint density at radius 1 is 1.37 bits per heavy atom. The lowest BCUT2D eigenvalue weighted by atomic mass is 9.95. The van der Waals surface area contributed by atoms with Crippen molar-refractivity contribution in [3.8, 4) is 0 Å². The summed E-state index contributed by atoms with van der Waals surface area (Å²) in [6.07, 6.45) is 8.09. The zero-order valence-corrected chi connectivity index (χ0v) is 12.6. The molecule has 1 heterocycles. The maximum absolute atomic E-state index is 12.7. The summed E-state index contributed by atoms with van der Waals surface area (Å²) in [7, 11) is -3.54. The Morgan fingerprint density at radius 2 is 2.05 bits per heavy atom. The van der Waals surface area contributed by atoms with Crippen LogP contribution in [0.25, 0.3) is 0 Å². The molecule has 0 saturated heterocycles. The summed E-state index contributed by atoms with van der Waals surface area (Å²) < 4.78 is 26.9. The molecule has 0 N–H and O–H groups in total. The molecule has 0 unspecified atom stereocenters. The van der Waals surface area contributed by atoms with E-state index in [1.165, 1.54) is 24.9 Å². The molecule has 6 heteroatoms. The summed E-state index contributed by atoms with van der Waals surface area (Å²) >= 11 is 6.00. The van der Waals surface area contributed by atoms with Crippen molar-refractivity contribution < 1.29 is 8.42 Å². The quantitative estimate of drug-likeness (QED) is 0.859. The van der Waals surface area contributed by atoms with Crippen LogP contribution in [0, 0.1) is 0 Å². The first kappa shape index (κ1) is 14.8. The van der Waals surface area contributed by atoms with Crippen molar-refractivity contribution in [2.45, 2.75) is 50.0 Å². The maximum Gasteiger partial charge on any atom is 0.246 e. The predicted molar refractivity (Wildman–Crippen MR) is 75.7 cm³/mol. The predicted octanol–water partition coefficient (Wildman–Crippen LogP) is 3.08. The Labute approximate surface area is 119 Å². The zero-order valence-electron chi connectivity index (χ0n) is 11.0. The second-order valence-corrected chi connectivity index (χ2v) is 7.07. The van der Waals surface area contributed by atoms with Gasteiger partial charge in [-0.05, 0) is 18.9 Å².